The average molecular weight is 355 g/mol. The van der Waals surface area contributed by atoms with Crippen LogP contribution in [0, 0.1) is 10.1 Å². The minimum Gasteiger partial charge on any atom is -0.454 e. The maximum Gasteiger partial charge on any atom is 0.282 e. The minimum atomic E-state index is -0.546. The minimum absolute atomic E-state index is 0.0101. The number of nitrogens with one attached hydrogen (secondary N) is 1. The lowest BCUT2D eigenvalue weighted by Gasteiger charge is -2.06. The predicted molar refractivity (Wildman–Crippen MR) is 94.8 cm³/mol. The monoisotopic (exact) mass is 355 g/mol. The largest absolute Gasteiger partial charge is 0.454 e. The zero-order valence-electron chi connectivity index (χ0n) is 14.3. The van der Waals surface area contributed by atoms with E-state index in [1.807, 2.05) is 12.1 Å². The fourth-order valence-corrected chi connectivity index (χ4v) is 2.45. The summed E-state index contributed by atoms with van der Waals surface area (Å²) in [5.41, 5.74) is 3.96. The molecule has 26 heavy (non-hydrogen) atoms. The summed E-state index contributed by atoms with van der Waals surface area (Å²) in [5.74, 6) is 0.674. The van der Waals surface area contributed by atoms with Gasteiger partial charge in [-0.15, -0.1) is 0 Å². The molecule has 8 heteroatoms. The highest BCUT2D eigenvalue weighted by Crippen LogP contribution is 2.37. The van der Waals surface area contributed by atoms with Gasteiger partial charge in [0.15, 0.2) is 11.5 Å². The number of carbonyl (C=O) groups is 1. The van der Waals surface area contributed by atoms with E-state index in [4.69, 9.17) is 9.47 Å². The summed E-state index contributed by atoms with van der Waals surface area (Å²) in [6.07, 6.45) is 1.21. The normalized spacial score (nSPS) is 12.6. The number of hydrogen-bond donors (Lipinski definition) is 1. The van der Waals surface area contributed by atoms with E-state index < -0.39 is 10.8 Å². The Balaban J connectivity index is 1.74. The van der Waals surface area contributed by atoms with Gasteiger partial charge in [-0.2, -0.15) is 5.10 Å². The SMILES string of the molecule is CC(C)c1ccc(C(=O)NN=Cc2cc3c(cc2[N+](=O)[O-])OCO3)cc1. The van der Waals surface area contributed by atoms with E-state index in [-0.39, 0.29) is 18.0 Å². The Bertz CT molecular complexity index is 875. The molecule has 0 aromatic heterocycles. The van der Waals surface area contributed by atoms with Gasteiger partial charge in [0.2, 0.25) is 6.79 Å². The quantitative estimate of drug-likeness (QED) is 0.504. The third kappa shape index (κ3) is 3.64. The number of carbonyl (C=O) groups excluding carboxylic acids is 1. The van der Waals surface area contributed by atoms with E-state index in [1.54, 1.807) is 12.1 Å². The van der Waals surface area contributed by atoms with Crippen molar-refractivity contribution in [2.75, 3.05) is 6.79 Å². The predicted octanol–water partition coefficient (Wildman–Crippen LogP) is 3.21. The van der Waals surface area contributed by atoms with Crippen LogP contribution in [0.1, 0.15) is 41.3 Å². The lowest BCUT2D eigenvalue weighted by molar-refractivity contribution is -0.385. The Morgan fingerprint density at radius 1 is 1.23 bits per heavy atom. The van der Waals surface area contributed by atoms with Gasteiger partial charge in [0.1, 0.15) is 0 Å². The molecule has 0 unspecified atom stereocenters. The van der Waals surface area contributed by atoms with Crippen molar-refractivity contribution in [3.63, 3.8) is 0 Å². The van der Waals surface area contributed by atoms with Crippen molar-refractivity contribution in [2.24, 2.45) is 5.10 Å². The molecule has 1 aliphatic heterocycles. The number of ether oxygens (including phenoxy) is 2. The summed E-state index contributed by atoms with van der Waals surface area (Å²) in [5, 5.41) is 15.0. The summed E-state index contributed by atoms with van der Waals surface area (Å²) < 4.78 is 10.3. The number of nitro groups is 1. The van der Waals surface area contributed by atoms with E-state index >= 15 is 0 Å². The smallest absolute Gasteiger partial charge is 0.282 e. The molecule has 0 saturated carbocycles. The van der Waals surface area contributed by atoms with Gasteiger partial charge in [-0.25, -0.2) is 5.43 Å². The maximum absolute atomic E-state index is 12.1. The first-order valence-corrected chi connectivity index (χ1v) is 7.97. The zero-order chi connectivity index (χ0) is 18.7. The molecule has 2 aromatic rings. The van der Waals surface area contributed by atoms with Gasteiger partial charge in [0.25, 0.3) is 11.6 Å². The van der Waals surface area contributed by atoms with Crippen molar-refractivity contribution >= 4 is 17.8 Å². The molecule has 8 nitrogen and oxygen atoms in total. The van der Waals surface area contributed by atoms with Crippen LogP contribution in [0.5, 0.6) is 11.5 Å². The number of rotatable bonds is 5. The van der Waals surface area contributed by atoms with Crippen LogP contribution >= 0.6 is 0 Å². The molecule has 3 rings (SSSR count). The van der Waals surface area contributed by atoms with Gasteiger partial charge in [-0.05, 0) is 29.7 Å². The number of nitro benzene ring substituents is 1. The number of nitrogens with zero attached hydrogens (tertiary/aromatic N) is 2. The van der Waals surface area contributed by atoms with Gasteiger partial charge in [0.05, 0.1) is 22.8 Å². The highest BCUT2D eigenvalue weighted by Gasteiger charge is 2.22. The second kappa shape index (κ2) is 7.22. The summed E-state index contributed by atoms with van der Waals surface area (Å²) in [6.45, 7) is 4.14. The molecule has 0 radical (unpaired) electrons. The van der Waals surface area contributed by atoms with Gasteiger partial charge in [-0.3, -0.25) is 14.9 Å². The van der Waals surface area contributed by atoms with Gasteiger partial charge in [0, 0.05) is 5.56 Å². The molecule has 1 amide bonds. The van der Waals surface area contributed by atoms with Crippen molar-refractivity contribution in [2.45, 2.75) is 19.8 Å². The first-order valence-electron chi connectivity index (χ1n) is 7.97. The van der Waals surface area contributed by atoms with Crippen LogP contribution in [0.3, 0.4) is 0 Å². The Labute approximate surface area is 149 Å². The summed E-state index contributed by atoms with van der Waals surface area (Å²) in [7, 11) is 0. The molecule has 1 aliphatic rings. The van der Waals surface area contributed by atoms with Crippen LogP contribution in [-0.2, 0) is 0 Å². The van der Waals surface area contributed by atoms with E-state index in [2.05, 4.69) is 24.4 Å². The van der Waals surface area contributed by atoms with Gasteiger partial charge >= 0.3 is 0 Å². The highest BCUT2D eigenvalue weighted by molar-refractivity contribution is 5.95. The number of hydrazone groups is 1. The first kappa shape index (κ1) is 17.4. The van der Waals surface area contributed by atoms with Crippen molar-refractivity contribution in [3.8, 4) is 11.5 Å². The molecule has 0 bridgehead atoms. The molecule has 0 saturated heterocycles. The molecular formula is C18H17N3O5. The molecule has 1 heterocycles. The van der Waals surface area contributed by atoms with E-state index in [9.17, 15) is 14.9 Å². The number of benzene rings is 2. The van der Waals surface area contributed by atoms with E-state index in [0.29, 0.717) is 23.0 Å². The number of amides is 1. The summed E-state index contributed by atoms with van der Waals surface area (Å²) >= 11 is 0. The molecule has 0 spiro atoms. The van der Waals surface area contributed by atoms with Crippen molar-refractivity contribution in [1.82, 2.24) is 5.43 Å². The van der Waals surface area contributed by atoms with Crippen LogP contribution in [-0.4, -0.2) is 23.8 Å². The Hall–Kier alpha value is -3.42. The third-order valence-electron chi connectivity index (χ3n) is 3.93. The van der Waals surface area contributed by atoms with Crippen LogP contribution in [0.4, 0.5) is 5.69 Å². The molecule has 0 fully saturated rings. The lowest BCUT2D eigenvalue weighted by atomic mass is 10.0. The van der Waals surface area contributed by atoms with Crippen molar-refractivity contribution in [1.29, 1.82) is 0 Å². The van der Waals surface area contributed by atoms with Crippen LogP contribution in [0.2, 0.25) is 0 Å². The van der Waals surface area contributed by atoms with E-state index in [1.165, 1.54) is 18.3 Å². The summed E-state index contributed by atoms with van der Waals surface area (Å²) in [6, 6.07) is 9.91. The second-order valence-electron chi connectivity index (χ2n) is 6.00. The Morgan fingerprint density at radius 3 is 2.50 bits per heavy atom. The fraction of sp³-hybridized carbons (Fsp3) is 0.222. The zero-order valence-corrected chi connectivity index (χ0v) is 14.3. The highest BCUT2D eigenvalue weighted by atomic mass is 16.7. The molecular weight excluding hydrogens is 338 g/mol. The molecule has 134 valence electrons. The van der Waals surface area contributed by atoms with Crippen molar-refractivity contribution < 1.29 is 19.2 Å². The molecule has 0 atom stereocenters. The molecule has 1 N–H and O–H groups in total. The average Bonchev–Trinajstić information content (AvgIpc) is 3.08. The number of fused-ring (bicyclic) bond motifs is 1. The fourth-order valence-electron chi connectivity index (χ4n) is 2.45. The molecule has 2 aromatic carbocycles. The Morgan fingerprint density at radius 2 is 1.88 bits per heavy atom. The standard InChI is InChI=1S/C18H17N3O5/c1-11(2)12-3-5-13(6-4-12)18(22)20-19-9-14-7-16-17(26-10-25-16)8-15(14)21(23)24/h3-9,11H,10H2,1-2H3,(H,20,22). The van der Waals surface area contributed by atoms with Gasteiger partial charge < -0.3 is 9.47 Å². The van der Waals surface area contributed by atoms with Gasteiger partial charge in [-0.1, -0.05) is 26.0 Å². The van der Waals surface area contributed by atoms with Crippen LogP contribution in [0.15, 0.2) is 41.5 Å². The molecule has 0 aliphatic carbocycles. The third-order valence-corrected chi connectivity index (χ3v) is 3.93. The Kier molecular flexibility index (Phi) is 4.83. The van der Waals surface area contributed by atoms with Crippen LogP contribution in [0.25, 0.3) is 0 Å². The lowest BCUT2D eigenvalue weighted by Crippen LogP contribution is -2.17. The maximum atomic E-state index is 12.1. The topological polar surface area (TPSA) is 103 Å². The summed E-state index contributed by atoms with van der Waals surface area (Å²) in [4.78, 5) is 22.8. The second-order valence-corrected chi connectivity index (χ2v) is 6.00. The van der Waals surface area contributed by atoms with Crippen LogP contribution < -0.4 is 14.9 Å². The van der Waals surface area contributed by atoms with E-state index in [0.717, 1.165) is 5.56 Å². The van der Waals surface area contributed by atoms with Crippen molar-refractivity contribution in [3.05, 3.63) is 63.2 Å². The first-order chi connectivity index (χ1) is 12.5. The number of hydrogen-bond acceptors (Lipinski definition) is 6.